The number of hydrogen-bond acceptors (Lipinski definition) is 11. The predicted molar refractivity (Wildman–Crippen MR) is 169 cm³/mol. The molecule has 0 radical (unpaired) electrons. The third-order valence-corrected chi connectivity index (χ3v) is 11.4. The summed E-state index contributed by atoms with van der Waals surface area (Å²) >= 11 is 1.20. The van der Waals surface area contributed by atoms with Gasteiger partial charge in [0.05, 0.1) is 23.5 Å². The maximum absolute atomic E-state index is 14.3. The summed E-state index contributed by atoms with van der Waals surface area (Å²) in [6.07, 6.45) is 1.06. The molecule has 0 aliphatic carbocycles. The summed E-state index contributed by atoms with van der Waals surface area (Å²) in [5, 5.41) is 3.02. The van der Waals surface area contributed by atoms with E-state index in [-0.39, 0.29) is 12.1 Å². The molecule has 2 aromatic heterocycles. The van der Waals surface area contributed by atoms with Gasteiger partial charge in [0, 0.05) is 11.6 Å². The maximum atomic E-state index is 14.3. The molecule has 4 aromatic rings. The molecular weight excluding hydrogens is 631 g/mol. The average molecular weight is 660 g/mol. The topological polar surface area (TPSA) is 171 Å². The number of thiazole rings is 1. The molecule has 2 aliphatic rings. The number of amides is 2. The van der Waals surface area contributed by atoms with E-state index in [4.69, 9.17) is 15.2 Å². The van der Waals surface area contributed by atoms with E-state index in [0.717, 1.165) is 4.90 Å². The molecule has 2 aromatic carbocycles. The summed E-state index contributed by atoms with van der Waals surface area (Å²) in [6, 6.07) is 21.3. The first kappa shape index (κ1) is 30.9. The SMILES string of the molecule is C[C@]1(COC(=O)NCc2csc(N)n2)[C@H](C(=O)OC(c2ccccc2)c2ccccc2)N2C(=O)/C(=C/c3ccccn3)[C@H]2S1(=O)=O. The van der Waals surface area contributed by atoms with E-state index in [9.17, 15) is 22.8 Å². The Labute approximate surface area is 268 Å². The zero-order valence-electron chi connectivity index (χ0n) is 24.5. The molecule has 0 bridgehead atoms. The number of esters is 1. The number of pyridine rings is 1. The smallest absolute Gasteiger partial charge is 0.407 e. The van der Waals surface area contributed by atoms with E-state index in [1.54, 1.807) is 72.1 Å². The molecule has 0 saturated carbocycles. The number of carbonyl (C=O) groups is 3. The molecule has 46 heavy (non-hydrogen) atoms. The number of alkyl carbamates (subject to hydrolysis) is 1. The molecular formula is C32H29N5O7S2. The molecule has 0 unspecified atom stereocenters. The lowest BCUT2D eigenvalue weighted by atomic mass is 9.94. The molecule has 2 amide bonds. The Morgan fingerprint density at radius 3 is 2.30 bits per heavy atom. The van der Waals surface area contributed by atoms with Crippen molar-refractivity contribution >= 4 is 50.4 Å². The standard InChI is InChI=1S/C32H29N5O7S2/c1-32(19-43-31(40)35-17-23-18-45-30(33)36-23)26(29(39)44-25(20-10-4-2-5-11-20)21-12-6-3-7-13-21)37-27(38)24(28(37)46(32,41)42)16-22-14-8-9-15-34-22/h2-16,18,25-26,28H,17,19H2,1H3,(H2,33,36)(H,35,40)/b24-16-/t26-,28+,32-/m0/s1. The van der Waals surface area contributed by atoms with Gasteiger partial charge in [-0.15, -0.1) is 11.3 Å². The summed E-state index contributed by atoms with van der Waals surface area (Å²) in [5.74, 6) is -1.62. The summed E-state index contributed by atoms with van der Waals surface area (Å²) in [5.41, 5.74) is 7.75. The van der Waals surface area contributed by atoms with E-state index < -0.39 is 56.7 Å². The number of nitrogens with one attached hydrogen (secondary N) is 1. The van der Waals surface area contributed by atoms with Gasteiger partial charge in [-0.1, -0.05) is 66.7 Å². The Morgan fingerprint density at radius 1 is 1.07 bits per heavy atom. The molecule has 14 heteroatoms. The minimum absolute atomic E-state index is 0.0124. The Bertz CT molecular complexity index is 1860. The minimum atomic E-state index is -4.37. The second kappa shape index (κ2) is 12.4. The molecule has 3 N–H and O–H groups in total. The lowest BCUT2D eigenvalue weighted by Crippen LogP contribution is -2.60. The molecule has 12 nitrogen and oxygen atoms in total. The zero-order chi connectivity index (χ0) is 32.5. The lowest BCUT2D eigenvalue weighted by molar-refractivity contribution is -0.161. The third kappa shape index (κ3) is 5.61. The fourth-order valence-corrected chi connectivity index (χ4v) is 8.42. The van der Waals surface area contributed by atoms with Gasteiger partial charge >= 0.3 is 12.1 Å². The molecule has 2 saturated heterocycles. The van der Waals surface area contributed by atoms with Gasteiger partial charge in [0.15, 0.2) is 32.5 Å². The number of anilines is 1. The normalized spacial score (nSPS) is 22.3. The largest absolute Gasteiger partial charge is 0.451 e. The fraction of sp³-hybridized carbons (Fsp3) is 0.219. The van der Waals surface area contributed by atoms with Crippen molar-refractivity contribution in [1.82, 2.24) is 20.2 Å². The molecule has 4 heterocycles. The van der Waals surface area contributed by atoms with Crippen molar-refractivity contribution in [3.63, 3.8) is 0 Å². The number of aromatic nitrogens is 2. The first-order valence-corrected chi connectivity index (χ1v) is 16.6. The zero-order valence-corrected chi connectivity index (χ0v) is 26.1. The molecule has 3 atom stereocenters. The second-order valence-electron chi connectivity index (χ2n) is 10.9. The van der Waals surface area contributed by atoms with Gasteiger partial charge in [-0.25, -0.2) is 23.0 Å². The summed E-state index contributed by atoms with van der Waals surface area (Å²) < 4.78 is 37.9. The Kier molecular flexibility index (Phi) is 8.32. The van der Waals surface area contributed by atoms with Gasteiger partial charge in [-0.05, 0) is 36.3 Å². The Morgan fingerprint density at radius 2 is 1.72 bits per heavy atom. The van der Waals surface area contributed by atoms with E-state index in [1.807, 2.05) is 12.1 Å². The Hall–Kier alpha value is -5.08. The number of rotatable bonds is 9. The maximum Gasteiger partial charge on any atom is 0.407 e. The number of nitrogens with zero attached hydrogens (tertiary/aromatic N) is 3. The number of ether oxygens (including phenoxy) is 2. The van der Waals surface area contributed by atoms with Gasteiger partial charge in [-0.2, -0.15) is 0 Å². The minimum Gasteiger partial charge on any atom is -0.451 e. The molecule has 2 fully saturated rings. The number of nitrogen functional groups attached to an aromatic ring is 1. The van der Waals surface area contributed by atoms with Crippen LogP contribution in [0.5, 0.6) is 0 Å². The number of fused-ring (bicyclic) bond motifs is 1. The van der Waals surface area contributed by atoms with Gasteiger partial charge in [0.25, 0.3) is 5.91 Å². The van der Waals surface area contributed by atoms with Crippen LogP contribution in [0.4, 0.5) is 9.93 Å². The first-order chi connectivity index (χ1) is 22.1. The quantitative estimate of drug-likeness (QED) is 0.154. The summed E-state index contributed by atoms with van der Waals surface area (Å²) in [6.45, 7) is 0.535. The Balaban J connectivity index is 1.33. The third-order valence-electron chi connectivity index (χ3n) is 7.93. The van der Waals surface area contributed by atoms with Gasteiger partial charge in [0.2, 0.25) is 0 Å². The number of benzene rings is 2. The summed E-state index contributed by atoms with van der Waals surface area (Å²) in [4.78, 5) is 49.7. The predicted octanol–water partition coefficient (Wildman–Crippen LogP) is 3.49. The first-order valence-electron chi connectivity index (χ1n) is 14.2. The van der Waals surface area contributed by atoms with Crippen molar-refractivity contribution in [2.75, 3.05) is 12.3 Å². The number of sulfone groups is 1. The highest BCUT2D eigenvalue weighted by atomic mass is 32.2. The van der Waals surface area contributed by atoms with Gasteiger partial charge in [-0.3, -0.25) is 9.78 Å². The van der Waals surface area contributed by atoms with Crippen molar-refractivity contribution < 1.29 is 32.3 Å². The molecule has 2 aliphatic heterocycles. The van der Waals surface area contributed by atoms with Crippen LogP contribution in [0.25, 0.3) is 6.08 Å². The van der Waals surface area contributed by atoms with Crippen molar-refractivity contribution in [2.24, 2.45) is 0 Å². The number of nitrogens with two attached hydrogens (primary N) is 1. The highest BCUT2D eigenvalue weighted by Gasteiger charge is 2.73. The van der Waals surface area contributed by atoms with Crippen LogP contribution in [-0.4, -0.2) is 64.0 Å². The molecule has 0 spiro atoms. The lowest BCUT2D eigenvalue weighted by Gasteiger charge is -2.39. The van der Waals surface area contributed by atoms with Crippen LogP contribution in [0, 0.1) is 0 Å². The average Bonchev–Trinajstić information content (AvgIpc) is 3.56. The number of β-lactam (4-membered cyclic amide) rings is 1. The van der Waals surface area contributed by atoms with Crippen molar-refractivity contribution in [3.05, 3.63) is 119 Å². The number of carbonyl (C=O) groups excluding carboxylic acids is 3. The molecule has 6 rings (SSSR count). The van der Waals surface area contributed by atoms with E-state index in [0.29, 0.717) is 27.6 Å². The van der Waals surface area contributed by atoms with E-state index >= 15 is 0 Å². The van der Waals surface area contributed by atoms with Crippen LogP contribution in [0.2, 0.25) is 0 Å². The van der Waals surface area contributed by atoms with Crippen LogP contribution < -0.4 is 11.1 Å². The van der Waals surface area contributed by atoms with Crippen LogP contribution in [0.1, 0.15) is 35.5 Å². The fourth-order valence-electron chi connectivity index (χ4n) is 5.59. The second-order valence-corrected chi connectivity index (χ2v) is 14.3. The van der Waals surface area contributed by atoms with Gasteiger partial charge in [0.1, 0.15) is 11.4 Å². The van der Waals surface area contributed by atoms with E-state index in [2.05, 4.69) is 15.3 Å². The van der Waals surface area contributed by atoms with Crippen molar-refractivity contribution in [1.29, 1.82) is 0 Å². The van der Waals surface area contributed by atoms with Crippen molar-refractivity contribution in [2.45, 2.75) is 35.7 Å². The van der Waals surface area contributed by atoms with Gasteiger partial charge < -0.3 is 25.4 Å². The molecule has 236 valence electrons. The van der Waals surface area contributed by atoms with Crippen LogP contribution in [0.3, 0.4) is 0 Å². The van der Waals surface area contributed by atoms with E-state index in [1.165, 1.54) is 30.5 Å². The summed E-state index contributed by atoms with van der Waals surface area (Å²) in [7, 11) is -4.37. The number of hydrogen-bond donors (Lipinski definition) is 2. The highest BCUT2D eigenvalue weighted by molar-refractivity contribution is 7.94. The van der Waals surface area contributed by atoms with Crippen LogP contribution >= 0.6 is 11.3 Å². The van der Waals surface area contributed by atoms with Crippen molar-refractivity contribution in [3.8, 4) is 0 Å². The monoisotopic (exact) mass is 659 g/mol. The van der Waals surface area contributed by atoms with Crippen LogP contribution in [0.15, 0.2) is 96.0 Å². The highest BCUT2D eigenvalue weighted by Crippen LogP contribution is 2.50. The van der Waals surface area contributed by atoms with Crippen LogP contribution in [-0.2, 0) is 35.4 Å².